The minimum absolute atomic E-state index is 0.0406. The van der Waals surface area contributed by atoms with Gasteiger partial charge in [0, 0.05) is 7.11 Å². The summed E-state index contributed by atoms with van der Waals surface area (Å²) < 4.78 is 23.8. The SMILES string of the molecule is COCC(C)OCc1ccc(F)c(Br)c1. The molecule has 0 aromatic heterocycles. The van der Waals surface area contributed by atoms with Gasteiger partial charge in [0.15, 0.2) is 0 Å². The molecule has 1 unspecified atom stereocenters. The van der Waals surface area contributed by atoms with Crippen molar-refractivity contribution in [2.75, 3.05) is 13.7 Å². The molecule has 0 bridgehead atoms. The largest absolute Gasteiger partial charge is 0.382 e. The number of hydrogen-bond donors (Lipinski definition) is 0. The molecule has 1 atom stereocenters. The van der Waals surface area contributed by atoms with Gasteiger partial charge in [0.2, 0.25) is 0 Å². The molecule has 0 N–H and O–H groups in total. The van der Waals surface area contributed by atoms with Crippen molar-refractivity contribution in [3.63, 3.8) is 0 Å². The highest BCUT2D eigenvalue weighted by Gasteiger charge is 2.04. The number of methoxy groups -OCH3 is 1. The van der Waals surface area contributed by atoms with Crippen LogP contribution in [0.3, 0.4) is 0 Å². The van der Waals surface area contributed by atoms with Gasteiger partial charge in [-0.3, -0.25) is 0 Å². The first-order valence-corrected chi connectivity index (χ1v) is 5.47. The van der Waals surface area contributed by atoms with Gasteiger partial charge < -0.3 is 9.47 Å². The Morgan fingerprint density at radius 2 is 2.20 bits per heavy atom. The topological polar surface area (TPSA) is 18.5 Å². The van der Waals surface area contributed by atoms with Gasteiger partial charge in [0.05, 0.1) is 23.8 Å². The molecule has 1 aromatic carbocycles. The summed E-state index contributed by atoms with van der Waals surface area (Å²) in [5, 5.41) is 0. The highest BCUT2D eigenvalue weighted by atomic mass is 79.9. The highest BCUT2D eigenvalue weighted by Crippen LogP contribution is 2.17. The first-order chi connectivity index (χ1) is 7.13. The molecule has 4 heteroatoms. The number of ether oxygens (including phenoxy) is 2. The number of hydrogen-bond acceptors (Lipinski definition) is 2. The van der Waals surface area contributed by atoms with Gasteiger partial charge in [-0.05, 0) is 40.5 Å². The summed E-state index contributed by atoms with van der Waals surface area (Å²) in [5.74, 6) is -0.260. The van der Waals surface area contributed by atoms with E-state index in [0.29, 0.717) is 17.7 Å². The van der Waals surface area contributed by atoms with Crippen molar-refractivity contribution < 1.29 is 13.9 Å². The Hall–Kier alpha value is -0.450. The van der Waals surface area contributed by atoms with Crippen LogP contribution in [0, 0.1) is 5.82 Å². The molecule has 0 amide bonds. The van der Waals surface area contributed by atoms with Crippen LogP contribution in [-0.4, -0.2) is 19.8 Å². The molecular weight excluding hydrogens is 263 g/mol. The predicted molar refractivity (Wildman–Crippen MR) is 60.2 cm³/mol. The van der Waals surface area contributed by atoms with Crippen LogP contribution in [0.5, 0.6) is 0 Å². The van der Waals surface area contributed by atoms with Crippen molar-refractivity contribution in [1.29, 1.82) is 0 Å². The maximum atomic E-state index is 12.9. The van der Waals surface area contributed by atoms with Crippen molar-refractivity contribution in [3.05, 3.63) is 34.1 Å². The van der Waals surface area contributed by atoms with Gasteiger partial charge in [-0.25, -0.2) is 4.39 Å². The molecule has 0 saturated carbocycles. The van der Waals surface area contributed by atoms with Gasteiger partial charge in [0.25, 0.3) is 0 Å². The standard InChI is InChI=1S/C11H14BrFO2/c1-8(6-14-2)15-7-9-3-4-11(13)10(12)5-9/h3-5,8H,6-7H2,1-2H3. The maximum absolute atomic E-state index is 12.9. The molecule has 0 heterocycles. The zero-order chi connectivity index (χ0) is 11.3. The average molecular weight is 277 g/mol. The molecule has 15 heavy (non-hydrogen) atoms. The predicted octanol–water partition coefficient (Wildman–Crippen LogP) is 3.14. The van der Waals surface area contributed by atoms with E-state index in [2.05, 4.69) is 15.9 Å². The summed E-state index contributed by atoms with van der Waals surface area (Å²) in [5.41, 5.74) is 0.936. The molecular formula is C11H14BrFO2. The minimum atomic E-state index is -0.260. The van der Waals surface area contributed by atoms with Gasteiger partial charge in [-0.15, -0.1) is 0 Å². The fourth-order valence-corrected chi connectivity index (χ4v) is 1.58. The number of halogens is 2. The van der Waals surface area contributed by atoms with Crippen LogP contribution in [0.15, 0.2) is 22.7 Å². The Bertz CT molecular complexity index is 317. The van der Waals surface area contributed by atoms with Crippen molar-refractivity contribution in [3.8, 4) is 0 Å². The van der Waals surface area contributed by atoms with Crippen LogP contribution in [0.2, 0.25) is 0 Å². The summed E-state index contributed by atoms with van der Waals surface area (Å²) >= 11 is 3.13. The summed E-state index contributed by atoms with van der Waals surface area (Å²) in [6, 6.07) is 4.85. The van der Waals surface area contributed by atoms with Crippen LogP contribution in [0.25, 0.3) is 0 Å². The third-order valence-electron chi connectivity index (χ3n) is 1.92. The normalized spacial score (nSPS) is 12.8. The van der Waals surface area contributed by atoms with E-state index in [0.717, 1.165) is 5.56 Å². The molecule has 0 saturated heterocycles. The van der Waals surface area contributed by atoms with Crippen LogP contribution >= 0.6 is 15.9 Å². The summed E-state index contributed by atoms with van der Waals surface area (Å²) in [7, 11) is 1.63. The van der Waals surface area contributed by atoms with Crippen LogP contribution in [-0.2, 0) is 16.1 Å². The first-order valence-electron chi connectivity index (χ1n) is 4.68. The fourth-order valence-electron chi connectivity index (χ4n) is 1.15. The zero-order valence-corrected chi connectivity index (χ0v) is 10.4. The van der Waals surface area contributed by atoms with E-state index >= 15 is 0 Å². The van der Waals surface area contributed by atoms with Gasteiger partial charge >= 0.3 is 0 Å². The molecule has 2 nitrogen and oxygen atoms in total. The van der Waals surface area contributed by atoms with Gasteiger partial charge in [-0.1, -0.05) is 6.07 Å². The van der Waals surface area contributed by atoms with Crippen molar-refractivity contribution >= 4 is 15.9 Å². The van der Waals surface area contributed by atoms with E-state index < -0.39 is 0 Å². The van der Waals surface area contributed by atoms with Crippen LogP contribution in [0.4, 0.5) is 4.39 Å². The summed E-state index contributed by atoms with van der Waals surface area (Å²) in [4.78, 5) is 0. The Labute approximate surface area is 97.5 Å². The maximum Gasteiger partial charge on any atom is 0.137 e. The van der Waals surface area contributed by atoms with Crippen LogP contribution < -0.4 is 0 Å². The molecule has 0 aliphatic heterocycles. The lowest BCUT2D eigenvalue weighted by atomic mass is 10.2. The molecule has 0 radical (unpaired) electrons. The molecule has 1 aromatic rings. The average Bonchev–Trinajstić information content (AvgIpc) is 2.20. The Balaban J connectivity index is 2.47. The molecule has 0 aliphatic carbocycles. The van der Waals surface area contributed by atoms with Crippen molar-refractivity contribution in [1.82, 2.24) is 0 Å². The van der Waals surface area contributed by atoms with Crippen LogP contribution in [0.1, 0.15) is 12.5 Å². The minimum Gasteiger partial charge on any atom is -0.382 e. The van der Waals surface area contributed by atoms with E-state index in [1.165, 1.54) is 6.07 Å². The number of benzene rings is 1. The summed E-state index contributed by atoms with van der Waals surface area (Å²) in [6.45, 7) is 2.95. The van der Waals surface area contributed by atoms with Gasteiger partial charge in [0.1, 0.15) is 5.82 Å². The van der Waals surface area contributed by atoms with E-state index in [1.54, 1.807) is 19.2 Å². The second-order valence-electron chi connectivity index (χ2n) is 3.33. The Morgan fingerprint density at radius 3 is 2.80 bits per heavy atom. The third kappa shape index (κ3) is 4.28. The summed E-state index contributed by atoms with van der Waals surface area (Å²) in [6.07, 6.45) is 0.0406. The molecule has 0 fully saturated rings. The Morgan fingerprint density at radius 1 is 1.47 bits per heavy atom. The monoisotopic (exact) mass is 276 g/mol. The molecule has 84 valence electrons. The van der Waals surface area contributed by atoms with E-state index in [4.69, 9.17) is 9.47 Å². The molecule has 0 spiro atoms. The highest BCUT2D eigenvalue weighted by molar-refractivity contribution is 9.10. The molecule has 1 rings (SSSR count). The second kappa shape index (κ2) is 6.20. The quantitative estimate of drug-likeness (QED) is 0.823. The van der Waals surface area contributed by atoms with Crippen molar-refractivity contribution in [2.45, 2.75) is 19.6 Å². The molecule has 0 aliphatic rings. The first kappa shape index (κ1) is 12.6. The third-order valence-corrected chi connectivity index (χ3v) is 2.53. The number of rotatable bonds is 5. The second-order valence-corrected chi connectivity index (χ2v) is 4.18. The zero-order valence-electron chi connectivity index (χ0n) is 8.80. The smallest absolute Gasteiger partial charge is 0.137 e. The van der Waals surface area contributed by atoms with E-state index in [1.807, 2.05) is 6.92 Å². The lowest BCUT2D eigenvalue weighted by molar-refractivity contribution is -0.000158. The van der Waals surface area contributed by atoms with Crippen molar-refractivity contribution in [2.24, 2.45) is 0 Å². The van der Waals surface area contributed by atoms with E-state index in [9.17, 15) is 4.39 Å². The lowest BCUT2D eigenvalue weighted by Gasteiger charge is -2.12. The lowest BCUT2D eigenvalue weighted by Crippen LogP contribution is -2.14. The van der Waals surface area contributed by atoms with Gasteiger partial charge in [-0.2, -0.15) is 0 Å². The van der Waals surface area contributed by atoms with E-state index in [-0.39, 0.29) is 11.9 Å². The fraction of sp³-hybridized carbons (Fsp3) is 0.455. The Kier molecular flexibility index (Phi) is 5.22.